The number of likely N-dealkylation sites (tertiary alicyclic amines) is 1. The maximum absolute atomic E-state index is 12.9. The molecule has 0 unspecified atom stereocenters. The van der Waals surface area contributed by atoms with Crippen molar-refractivity contribution in [3.8, 4) is 11.5 Å². The number of aliphatic hydroxyl groups excluding tert-OH is 1. The van der Waals surface area contributed by atoms with Gasteiger partial charge in [-0.1, -0.05) is 36.4 Å². The number of aromatic hydroxyl groups is 1. The van der Waals surface area contributed by atoms with Gasteiger partial charge in [-0.05, 0) is 56.1 Å². The van der Waals surface area contributed by atoms with Gasteiger partial charge in [-0.25, -0.2) is 4.79 Å². The Labute approximate surface area is 191 Å². The number of hydrogen-bond acceptors (Lipinski definition) is 7. The van der Waals surface area contributed by atoms with Crippen LogP contribution in [0.3, 0.4) is 0 Å². The van der Waals surface area contributed by atoms with E-state index in [1.54, 1.807) is 42.5 Å². The molecule has 5 atom stereocenters. The van der Waals surface area contributed by atoms with E-state index in [9.17, 15) is 20.1 Å². The molecule has 0 saturated carbocycles. The summed E-state index contributed by atoms with van der Waals surface area (Å²) in [6.45, 7) is 0.832. The molecule has 172 valence electrons. The second-order valence-electron chi connectivity index (χ2n) is 9.69. The van der Waals surface area contributed by atoms with E-state index in [0.717, 1.165) is 24.1 Å². The van der Waals surface area contributed by atoms with Crippen LogP contribution in [-0.2, 0) is 21.4 Å². The molecule has 3 N–H and O–H groups in total. The lowest BCUT2D eigenvalue weighted by Crippen LogP contribution is -2.69. The number of aliphatic hydroxyl groups is 2. The number of benzene rings is 2. The van der Waals surface area contributed by atoms with Crippen molar-refractivity contribution in [2.24, 2.45) is 0 Å². The van der Waals surface area contributed by atoms with E-state index in [0.29, 0.717) is 30.6 Å². The number of likely N-dealkylation sites (N-methyl/N-ethyl adjacent to an activating group) is 1. The summed E-state index contributed by atoms with van der Waals surface area (Å²) in [4.78, 5) is 15.1. The van der Waals surface area contributed by atoms with Crippen LogP contribution in [0.5, 0.6) is 11.5 Å². The minimum absolute atomic E-state index is 0.0194. The Kier molecular flexibility index (Phi) is 4.43. The Bertz CT molecular complexity index is 1160. The Morgan fingerprint density at radius 2 is 2.03 bits per heavy atom. The van der Waals surface area contributed by atoms with Crippen LogP contribution in [0.1, 0.15) is 42.1 Å². The summed E-state index contributed by atoms with van der Waals surface area (Å²) in [6.07, 6.45) is 1.94. The monoisotopic (exact) mass is 449 g/mol. The summed E-state index contributed by atoms with van der Waals surface area (Å²) in [5.74, 6) is -0.125. The van der Waals surface area contributed by atoms with Gasteiger partial charge < -0.3 is 29.7 Å². The van der Waals surface area contributed by atoms with E-state index in [-0.39, 0.29) is 17.6 Å². The van der Waals surface area contributed by atoms with E-state index < -0.39 is 29.2 Å². The van der Waals surface area contributed by atoms with Gasteiger partial charge in [-0.15, -0.1) is 0 Å². The van der Waals surface area contributed by atoms with Crippen LogP contribution in [0.25, 0.3) is 0 Å². The van der Waals surface area contributed by atoms with Crippen molar-refractivity contribution < 1.29 is 29.6 Å². The lowest BCUT2D eigenvalue weighted by Gasteiger charge is -2.56. The number of esters is 1. The van der Waals surface area contributed by atoms with Gasteiger partial charge in [0.25, 0.3) is 0 Å². The van der Waals surface area contributed by atoms with Gasteiger partial charge in [-0.3, -0.25) is 0 Å². The van der Waals surface area contributed by atoms with Gasteiger partial charge in [0.05, 0.1) is 11.0 Å². The van der Waals surface area contributed by atoms with Crippen LogP contribution >= 0.6 is 0 Å². The highest BCUT2D eigenvalue weighted by molar-refractivity contribution is 5.77. The Hall–Kier alpha value is -2.87. The second kappa shape index (κ2) is 7.06. The normalized spacial score (nSPS) is 32.8. The maximum atomic E-state index is 12.9. The molecule has 6 rings (SSSR count). The van der Waals surface area contributed by atoms with Gasteiger partial charge in [0.15, 0.2) is 23.7 Å². The van der Waals surface area contributed by atoms with E-state index in [4.69, 9.17) is 9.47 Å². The summed E-state index contributed by atoms with van der Waals surface area (Å²) >= 11 is 0. The maximum Gasteiger partial charge on any atom is 0.344 e. The molecule has 4 aliphatic rings. The molecule has 2 heterocycles. The molecule has 2 bridgehead atoms. The van der Waals surface area contributed by atoms with Crippen LogP contribution in [0, 0.1) is 0 Å². The van der Waals surface area contributed by atoms with E-state index in [2.05, 4.69) is 4.90 Å². The Morgan fingerprint density at radius 3 is 2.82 bits per heavy atom. The molecule has 1 fully saturated rings. The third kappa shape index (κ3) is 2.64. The van der Waals surface area contributed by atoms with Crippen molar-refractivity contribution in [1.82, 2.24) is 4.90 Å². The summed E-state index contributed by atoms with van der Waals surface area (Å²) in [7, 11) is 2.04. The molecule has 2 aliphatic heterocycles. The molecule has 2 aromatic carbocycles. The number of phenols is 1. The zero-order chi connectivity index (χ0) is 23.0. The standard InChI is InChI=1S/C26H27NO6/c1-27-13-5-11-25-20-16-8-9-17(28)22(20)33-23(25)18(10-12-26(25,31)19(27)14-16)32-24(30)21(29)15-6-3-2-4-7-15/h2-4,6-10,19,21,23,28-29,31H,5,11-14H2,1H3/t19-,21-,23+,25+,26-/m1/s1. The second-order valence-corrected chi connectivity index (χ2v) is 9.69. The quantitative estimate of drug-likeness (QED) is 0.619. The molecule has 2 aromatic rings. The fourth-order valence-corrected chi connectivity index (χ4v) is 6.64. The fourth-order valence-electron chi connectivity index (χ4n) is 6.64. The van der Waals surface area contributed by atoms with Crippen molar-refractivity contribution in [2.45, 2.75) is 54.9 Å². The molecule has 33 heavy (non-hydrogen) atoms. The van der Waals surface area contributed by atoms with E-state index in [1.807, 2.05) is 13.1 Å². The molecule has 0 radical (unpaired) electrons. The smallest absolute Gasteiger partial charge is 0.344 e. The van der Waals surface area contributed by atoms with Crippen molar-refractivity contribution in [1.29, 1.82) is 0 Å². The van der Waals surface area contributed by atoms with E-state index in [1.165, 1.54) is 0 Å². The predicted molar refractivity (Wildman–Crippen MR) is 119 cm³/mol. The average molecular weight is 450 g/mol. The zero-order valence-corrected chi connectivity index (χ0v) is 18.4. The fraction of sp³-hybridized carbons (Fsp3) is 0.423. The molecule has 0 amide bonds. The van der Waals surface area contributed by atoms with Crippen LogP contribution in [-0.4, -0.2) is 57.5 Å². The topological polar surface area (TPSA) is 99.5 Å². The van der Waals surface area contributed by atoms with Crippen molar-refractivity contribution in [3.63, 3.8) is 0 Å². The van der Waals surface area contributed by atoms with Gasteiger partial charge in [0, 0.05) is 18.0 Å². The van der Waals surface area contributed by atoms with Crippen molar-refractivity contribution >= 4 is 5.97 Å². The molecular weight excluding hydrogens is 422 g/mol. The molecule has 7 heteroatoms. The van der Waals surface area contributed by atoms with E-state index >= 15 is 0 Å². The largest absolute Gasteiger partial charge is 0.504 e. The SMILES string of the molecule is CN1CCC[C@]23c4c5ccc(O)c4O[C@H]2C(OC(=O)[C@H](O)c2ccccc2)=CC[C@@]3(O)[C@H]1C5. The molecule has 7 nitrogen and oxygen atoms in total. The molecular formula is C26H27NO6. The van der Waals surface area contributed by atoms with Crippen LogP contribution in [0.4, 0.5) is 0 Å². The summed E-state index contributed by atoms with van der Waals surface area (Å²) in [5.41, 5.74) is 0.352. The highest BCUT2D eigenvalue weighted by atomic mass is 16.6. The molecule has 2 aliphatic carbocycles. The molecule has 1 spiro atoms. The number of hydrogen-bond donors (Lipinski definition) is 3. The molecule has 0 aromatic heterocycles. The van der Waals surface area contributed by atoms with Crippen molar-refractivity contribution in [3.05, 3.63) is 71.0 Å². The average Bonchev–Trinajstić information content (AvgIpc) is 3.16. The molecule has 1 saturated heterocycles. The number of carbonyl (C=O) groups excluding carboxylic acids is 1. The van der Waals surface area contributed by atoms with Crippen LogP contribution < -0.4 is 4.74 Å². The summed E-state index contributed by atoms with van der Waals surface area (Å²) < 4.78 is 12.1. The van der Waals surface area contributed by atoms with Gasteiger partial charge in [0.2, 0.25) is 0 Å². The number of phenolic OH excluding ortho intramolecular Hbond substituents is 1. The number of carbonyl (C=O) groups is 1. The highest BCUT2D eigenvalue weighted by Crippen LogP contribution is 2.64. The first-order chi connectivity index (χ1) is 15.9. The van der Waals surface area contributed by atoms with Gasteiger partial charge >= 0.3 is 5.97 Å². The minimum Gasteiger partial charge on any atom is -0.504 e. The van der Waals surface area contributed by atoms with Crippen molar-refractivity contribution in [2.75, 3.05) is 13.6 Å². The first kappa shape index (κ1) is 20.7. The van der Waals surface area contributed by atoms with Gasteiger partial charge in [0.1, 0.15) is 5.76 Å². The first-order valence-electron chi connectivity index (χ1n) is 11.5. The Morgan fingerprint density at radius 1 is 1.24 bits per heavy atom. The summed E-state index contributed by atoms with van der Waals surface area (Å²) in [6, 6.07) is 12.0. The third-order valence-corrected chi connectivity index (χ3v) is 8.13. The predicted octanol–water partition coefficient (Wildman–Crippen LogP) is 2.34. The number of ether oxygens (including phenoxy) is 2. The number of nitrogens with zero attached hydrogens (tertiary/aromatic N) is 1. The minimum atomic E-state index is -1.43. The van der Waals surface area contributed by atoms with Gasteiger partial charge in [-0.2, -0.15) is 0 Å². The lowest BCUT2D eigenvalue weighted by atomic mass is 9.52. The zero-order valence-electron chi connectivity index (χ0n) is 18.4. The van der Waals surface area contributed by atoms with Crippen LogP contribution in [0.15, 0.2) is 54.3 Å². The summed E-state index contributed by atoms with van der Waals surface area (Å²) in [5, 5.41) is 33.4. The lowest BCUT2D eigenvalue weighted by molar-refractivity contribution is -0.158. The number of rotatable bonds is 3. The van der Waals surface area contributed by atoms with Crippen LogP contribution in [0.2, 0.25) is 0 Å². The highest BCUT2D eigenvalue weighted by Gasteiger charge is 2.71. The Balaban J connectivity index is 1.44. The first-order valence-corrected chi connectivity index (χ1v) is 11.5. The third-order valence-electron chi connectivity index (χ3n) is 8.13.